The Kier molecular flexibility index (Phi) is 3.50. The summed E-state index contributed by atoms with van der Waals surface area (Å²) in [5.41, 5.74) is 0.210. The molecule has 0 aliphatic rings. The molecule has 0 saturated carbocycles. The quantitative estimate of drug-likeness (QED) is 0.749. The number of Topliss-reactive ketones (excluding diaryl/α,β-unsaturated/α-hetero) is 1. The molecule has 0 heterocycles. The van der Waals surface area contributed by atoms with Crippen molar-refractivity contribution in [3.8, 4) is 11.5 Å². The van der Waals surface area contributed by atoms with Gasteiger partial charge in [0.05, 0.1) is 7.11 Å². The molecule has 0 bridgehead atoms. The predicted octanol–water partition coefficient (Wildman–Crippen LogP) is 1.02. The van der Waals surface area contributed by atoms with Gasteiger partial charge in [-0.3, -0.25) is 4.79 Å². The molecule has 0 aliphatic carbocycles. The zero-order valence-electron chi connectivity index (χ0n) is 8.98. The van der Waals surface area contributed by atoms with E-state index >= 15 is 0 Å². The molecule has 0 spiro atoms. The first kappa shape index (κ1) is 12.0. The van der Waals surface area contributed by atoms with E-state index in [1.807, 2.05) is 0 Å². The van der Waals surface area contributed by atoms with Crippen molar-refractivity contribution in [3.05, 3.63) is 23.3 Å². The second kappa shape index (κ2) is 4.65. The van der Waals surface area contributed by atoms with Crippen LogP contribution in [0.5, 0.6) is 11.5 Å². The molecule has 0 aliphatic heterocycles. The molecule has 5 nitrogen and oxygen atoms in total. The summed E-state index contributed by atoms with van der Waals surface area (Å²) in [4.78, 5) is 22.1. The maximum atomic E-state index is 11.2. The lowest BCUT2D eigenvalue weighted by atomic mass is 10.0. The minimum atomic E-state index is -0.720. The number of carbonyl (C=O) groups is 2. The minimum absolute atomic E-state index is 0.00386. The van der Waals surface area contributed by atoms with E-state index in [4.69, 9.17) is 0 Å². The van der Waals surface area contributed by atoms with E-state index in [9.17, 15) is 19.8 Å². The lowest BCUT2D eigenvalue weighted by Crippen LogP contribution is -2.04. The Morgan fingerprint density at radius 2 is 1.88 bits per heavy atom. The second-order valence-electron chi connectivity index (χ2n) is 3.37. The van der Waals surface area contributed by atoms with Gasteiger partial charge in [-0.2, -0.15) is 0 Å². The van der Waals surface area contributed by atoms with E-state index in [1.165, 1.54) is 20.1 Å². The lowest BCUT2D eigenvalue weighted by molar-refractivity contribution is -0.116. The predicted molar refractivity (Wildman–Crippen MR) is 55.5 cm³/mol. The molecule has 0 radical (unpaired) electrons. The van der Waals surface area contributed by atoms with E-state index in [0.717, 1.165) is 6.07 Å². The number of hydrogen-bond donors (Lipinski definition) is 2. The summed E-state index contributed by atoms with van der Waals surface area (Å²) in [5, 5.41) is 18.9. The van der Waals surface area contributed by atoms with Crippen molar-refractivity contribution in [3.63, 3.8) is 0 Å². The van der Waals surface area contributed by atoms with Crippen LogP contribution in [0.25, 0.3) is 0 Å². The monoisotopic (exact) mass is 224 g/mol. The van der Waals surface area contributed by atoms with E-state index < -0.39 is 5.97 Å². The molecule has 0 saturated heterocycles. The fourth-order valence-electron chi connectivity index (χ4n) is 1.31. The SMILES string of the molecule is COC(=O)c1cc(CC(C)=O)c(O)cc1O. The average molecular weight is 224 g/mol. The van der Waals surface area contributed by atoms with Crippen LogP contribution < -0.4 is 0 Å². The first-order chi connectivity index (χ1) is 7.45. The zero-order valence-corrected chi connectivity index (χ0v) is 8.98. The van der Waals surface area contributed by atoms with Gasteiger partial charge in [-0.1, -0.05) is 0 Å². The van der Waals surface area contributed by atoms with E-state index in [2.05, 4.69) is 4.74 Å². The van der Waals surface area contributed by atoms with Crippen molar-refractivity contribution < 1.29 is 24.5 Å². The molecule has 5 heteroatoms. The van der Waals surface area contributed by atoms with Gasteiger partial charge >= 0.3 is 5.97 Å². The number of hydrogen-bond acceptors (Lipinski definition) is 5. The van der Waals surface area contributed by atoms with Crippen LogP contribution in [0, 0.1) is 0 Å². The Hall–Kier alpha value is -2.04. The molecule has 0 atom stereocenters. The number of aromatic hydroxyl groups is 2. The summed E-state index contributed by atoms with van der Waals surface area (Å²) in [6.07, 6.45) is -0.00386. The Morgan fingerprint density at radius 1 is 1.25 bits per heavy atom. The van der Waals surface area contributed by atoms with Crippen LogP contribution in [0.4, 0.5) is 0 Å². The average Bonchev–Trinajstić information content (AvgIpc) is 2.20. The van der Waals surface area contributed by atoms with Crippen LogP contribution in [0.1, 0.15) is 22.8 Å². The van der Waals surface area contributed by atoms with E-state index in [0.29, 0.717) is 0 Å². The maximum absolute atomic E-state index is 11.2. The molecule has 16 heavy (non-hydrogen) atoms. The fraction of sp³-hybridized carbons (Fsp3) is 0.273. The first-order valence-electron chi connectivity index (χ1n) is 4.58. The molecule has 1 rings (SSSR count). The molecule has 0 aromatic heterocycles. The van der Waals surface area contributed by atoms with Gasteiger partial charge in [0, 0.05) is 18.1 Å². The van der Waals surface area contributed by atoms with Crippen LogP contribution in [-0.4, -0.2) is 29.1 Å². The third kappa shape index (κ3) is 2.50. The van der Waals surface area contributed by atoms with Crippen LogP contribution in [0.2, 0.25) is 0 Å². The van der Waals surface area contributed by atoms with Gasteiger partial charge in [0.1, 0.15) is 22.8 Å². The summed E-state index contributed by atoms with van der Waals surface area (Å²) in [5.74, 6) is -1.48. The summed E-state index contributed by atoms with van der Waals surface area (Å²) >= 11 is 0. The highest BCUT2D eigenvalue weighted by Crippen LogP contribution is 2.28. The molecule has 0 amide bonds. The summed E-state index contributed by atoms with van der Waals surface area (Å²) in [6.45, 7) is 1.37. The van der Waals surface area contributed by atoms with Crippen molar-refractivity contribution >= 4 is 11.8 Å². The molecular formula is C11H12O5. The van der Waals surface area contributed by atoms with Crippen molar-refractivity contribution in [2.45, 2.75) is 13.3 Å². The van der Waals surface area contributed by atoms with Crippen molar-refractivity contribution in [2.75, 3.05) is 7.11 Å². The number of ketones is 1. The molecule has 2 N–H and O–H groups in total. The van der Waals surface area contributed by atoms with Crippen LogP contribution >= 0.6 is 0 Å². The number of ether oxygens (including phenoxy) is 1. The number of phenols is 2. The number of esters is 1. The highest BCUT2D eigenvalue weighted by Gasteiger charge is 2.16. The second-order valence-corrected chi connectivity index (χ2v) is 3.37. The summed E-state index contributed by atoms with van der Waals surface area (Å²) < 4.78 is 4.45. The Morgan fingerprint density at radius 3 is 2.38 bits per heavy atom. The van der Waals surface area contributed by atoms with Crippen molar-refractivity contribution in [1.82, 2.24) is 0 Å². The smallest absolute Gasteiger partial charge is 0.341 e. The maximum Gasteiger partial charge on any atom is 0.341 e. The normalized spacial score (nSPS) is 9.88. The lowest BCUT2D eigenvalue weighted by Gasteiger charge is -2.07. The molecule has 0 unspecified atom stereocenters. The number of phenolic OH excluding ortho intramolecular Hbond substituents is 2. The highest BCUT2D eigenvalue weighted by molar-refractivity contribution is 5.93. The zero-order chi connectivity index (χ0) is 12.3. The van der Waals surface area contributed by atoms with Gasteiger partial charge in [-0.15, -0.1) is 0 Å². The van der Waals surface area contributed by atoms with Crippen LogP contribution in [0.3, 0.4) is 0 Å². The molecular weight excluding hydrogens is 212 g/mol. The Bertz CT molecular complexity index is 436. The van der Waals surface area contributed by atoms with E-state index in [1.54, 1.807) is 0 Å². The van der Waals surface area contributed by atoms with Gasteiger partial charge in [0.15, 0.2) is 0 Å². The third-order valence-electron chi connectivity index (χ3n) is 2.04. The number of benzene rings is 1. The number of rotatable bonds is 3. The number of carbonyl (C=O) groups excluding carboxylic acids is 2. The Labute approximate surface area is 92.3 Å². The van der Waals surface area contributed by atoms with Crippen LogP contribution in [0.15, 0.2) is 12.1 Å². The third-order valence-corrected chi connectivity index (χ3v) is 2.04. The molecule has 1 aromatic carbocycles. The largest absolute Gasteiger partial charge is 0.508 e. The van der Waals surface area contributed by atoms with Crippen molar-refractivity contribution in [1.29, 1.82) is 0 Å². The fourth-order valence-corrected chi connectivity index (χ4v) is 1.31. The minimum Gasteiger partial charge on any atom is -0.508 e. The summed E-state index contributed by atoms with van der Waals surface area (Å²) in [6, 6.07) is 2.27. The standard InChI is InChI=1S/C11H12O5/c1-6(12)3-7-4-8(11(15)16-2)10(14)5-9(7)13/h4-5,13-14H,3H2,1-2H3. The van der Waals surface area contributed by atoms with Gasteiger partial charge in [0.2, 0.25) is 0 Å². The number of methoxy groups -OCH3 is 1. The van der Waals surface area contributed by atoms with Gasteiger partial charge in [0.25, 0.3) is 0 Å². The van der Waals surface area contributed by atoms with Gasteiger partial charge < -0.3 is 14.9 Å². The highest BCUT2D eigenvalue weighted by atomic mass is 16.5. The Balaban J connectivity index is 3.21. The van der Waals surface area contributed by atoms with Crippen LogP contribution in [-0.2, 0) is 16.0 Å². The molecule has 0 fully saturated rings. The molecule has 1 aromatic rings. The van der Waals surface area contributed by atoms with E-state index in [-0.39, 0.29) is 34.8 Å². The topological polar surface area (TPSA) is 83.8 Å². The van der Waals surface area contributed by atoms with Crippen molar-refractivity contribution in [2.24, 2.45) is 0 Å². The van der Waals surface area contributed by atoms with Gasteiger partial charge in [-0.25, -0.2) is 4.79 Å². The summed E-state index contributed by atoms with van der Waals surface area (Å²) in [7, 11) is 1.18. The van der Waals surface area contributed by atoms with Gasteiger partial charge in [-0.05, 0) is 13.0 Å². The first-order valence-corrected chi connectivity index (χ1v) is 4.58. The molecule has 86 valence electrons.